The Morgan fingerprint density at radius 1 is 1.44 bits per heavy atom. The molecular formula is C5H6F3N. The van der Waals surface area contributed by atoms with E-state index in [1.807, 2.05) is 0 Å². The smallest absolute Gasteiger partial charge is 0.284 e. The largest absolute Gasteiger partial charge is 0.426 e. The molecule has 0 bridgehead atoms. The van der Waals surface area contributed by atoms with Crippen molar-refractivity contribution in [2.24, 2.45) is 4.99 Å². The summed E-state index contributed by atoms with van der Waals surface area (Å²) < 4.78 is 33.6. The molecule has 0 aromatic rings. The van der Waals surface area contributed by atoms with Crippen LogP contribution in [0.25, 0.3) is 0 Å². The van der Waals surface area contributed by atoms with Crippen LogP contribution in [0.2, 0.25) is 0 Å². The van der Waals surface area contributed by atoms with Gasteiger partial charge in [0.25, 0.3) is 0 Å². The number of hydrogen-bond donors (Lipinski definition) is 0. The van der Waals surface area contributed by atoms with Gasteiger partial charge in [-0.05, 0) is 0 Å². The fourth-order valence-corrected chi connectivity index (χ4v) is 0.231. The first-order valence-electron chi connectivity index (χ1n) is 2.25. The lowest BCUT2D eigenvalue weighted by molar-refractivity contribution is -0.0536. The van der Waals surface area contributed by atoms with Crippen molar-refractivity contribution in [1.82, 2.24) is 0 Å². The average Bonchev–Trinajstić information content (AvgIpc) is 1.63. The first-order chi connectivity index (χ1) is 4.06. The molecule has 4 heteroatoms. The van der Waals surface area contributed by atoms with Crippen LogP contribution in [0.4, 0.5) is 13.2 Å². The third-order valence-electron chi connectivity index (χ3n) is 0.472. The van der Waals surface area contributed by atoms with Gasteiger partial charge in [-0.2, -0.15) is 13.2 Å². The average molecular weight is 137 g/mol. The van der Waals surface area contributed by atoms with E-state index in [0.29, 0.717) is 0 Å². The quantitative estimate of drug-likeness (QED) is 0.406. The summed E-state index contributed by atoms with van der Waals surface area (Å²) in [5, 5.41) is 0. The van der Waals surface area contributed by atoms with Crippen molar-refractivity contribution in [2.45, 2.75) is 6.18 Å². The van der Waals surface area contributed by atoms with Gasteiger partial charge in [0.2, 0.25) is 0 Å². The van der Waals surface area contributed by atoms with E-state index in [2.05, 4.69) is 11.6 Å². The van der Waals surface area contributed by atoms with Crippen LogP contribution >= 0.6 is 0 Å². The lowest BCUT2D eigenvalue weighted by Gasteiger charge is -1.94. The molecule has 0 saturated carbocycles. The summed E-state index contributed by atoms with van der Waals surface area (Å²) in [4.78, 5) is 2.99. The van der Waals surface area contributed by atoms with Crippen LogP contribution in [-0.2, 0) is 0 Å². The molecule has 0 rings (SSSR count). The summed E-state index contributed by atoms with van der Waals surface area (Å²) in [5.41, 5.74) is 0. The SMILES string of the molecule is C=CCN=CC(F)(F)F. The Bertz CT molecular complexity index is 114. The summed E-state index contributed by atoms with van der Waals surface area (Å²) >= 11 is 0. The van der Waals surface area contributed by atoms with Gasteiger partial charge in [0.15, 0.2) is 0 Å². The standard InChI is InChI=1S/C5H6F3N/c1-2-3-9-4-5(6,7)8/h2,4H,1,3H2. The van der Waals surface area contributed by atoms with Gasteiger partial charge in [0.05, 0.1) is 6.54 Å². The summed E-state index contributed by atoms with van der Waals surface area (Å²) in [6.07, 6.45) is -3.04. The maximum Gasteiger partial charge on any atom is 0.426 e. The van der Waals surface area contributed by atoms with E-state index in [4.69, 9.17) is 0 Å². The van der Waals surface area contributed by atoms with E-state index >= 15 is 0 Å². The number of halogens is 3. The van der Waals surface area contributed by atoms with Crippen LogP contribution in [0.5, 0.6) is 0 Å². The van der Waals surface area contributed by atoms with Gasteiger partial charge in [0.1, 0.15) is 6.21 Å². The second-order valence-electron chi connectivity index (χ2n) is 1.32. The van der Waals surface area contributed by atoms with Gasteiger partial charge in [-0.25, -0.2) is 0 Å². The molecule has 52 valence electrons. The fraction of sp³-hybridized carbons (Fsp3) is 0.400. The molecule has 0 aromatic heterocycles. The van der Waals surface area contributed by atoms with E-state index in [0.717, 1.165) is 0 Å². The minimum Gasteiger partial charge on any atom is -0.284 e. The predicted octanol–water partition coefficient (Wildman–Crippen LogP) is 1.81. The van der Waals surface area contributed by atoms with Gasteiger partial charge in [-0.1, -0.05) is 6.08 Å². The van der Waals surface area contributed by atoms with Gasteiger partial charge in [0, 0.05) is 0 Å². The summed E-state index contributed by atoms with van der Waals surface area (Å²) in [5.74, 6) is 0. The van der Waals surface area contributed by atoms with Crippen molar-refractivity contribution in [3.8, 4) is 0 Å². The Balaban J connectivity index is 3.57. The highest BCUT2D eigenvalue weighted by Crippen LogP contribution is 2.09. The maximum atomic E-state index is 11.2. The lowest BCUT2D eigenvalue weighted by Crippen LogP contribution is -2.08. The second-order valence-corrected chi connectivity index (χ2v) is 1.32. The zero-order valence-corrected chi connectivity index (χ0v) is 4.65. The number of nitrogens with zero attached hydrogens (tertiary/aromatic N) is 1. The van der Waals surface area contributed by atoms with Crippen LogP contribution in [-0.4, -0.2) is 18.9 Å². The summed E-state index contributed by atoms with van der Waals surface area (Å²) in [7, 11) is 0. The molecular weight excluding hydrogens is 131 g/mol. The van der Waals surface area contributed by atoms with Gasteiger partial charge >= 0.3 is 6.18 Å². The summed E-state index contributed by atoms with van der Waals surface area (Å²) in [6.45, 7) is 3.21. The third kappa shape index (κ3) is 7.20. The Morgan fingerprint density at radius 2 is 2.00 bits per heavy atom. The van der Waals surface area contributed by atoms with Gasteiger partial charge in [-0.15, -0.1) is 6.58 Å². The second kappa shape index (κ2) is 3.27. The van der Waals surface area contributed by atoms with Crippen LogP contribution in [0.1, 0.15) is 0 Å². The highest BCUT2D eigenvalue weighted by atomic mass is 19.4. The van der Waals surface area contributed by atoms with Crippen molar-refractivity contribution in [2.75, 3.05) is 6.54 Å². The molecule has 0 aliphatic carbocycles. The number of aliphatic imine (C=N–C) groups is 1. The number of hydrogen-bond acceptors (Lipinski definition) is 1. The van der Waals surface area contributed by atoms with E-state index in [1.165, 1.54) is 6.08 Å². The van der Waals surface area contributed by atoms with Crippen molar-refractivity contribution in [1.29, 1.82) is 0 Å². The predicted molar refractivity (Wildman–Crippen MR) is 29.6 cm³/mol. The Labute approximate surface area is 50.9 Å². The van der Waals surface area contributed by atoms with Crippen molar-refractivity contribution < 1.29 is 13.2 Å². The molecule has 0 radical (unpaired) electrons. The molecule has 0 saturated heterocycles. The zero-order chi connectivity index (χ0) is 7.33. The first-order valence-corrected chi connectivity index (χ1v) is 2.25. The molecule has 0 heterocycles. The molecule has 0 amide bonds. The normalized spacial score (nSPS) is 12.3. The van der Waals surface area contributed by atoms with Crippen LogP contribution in [0.3, 0.4) is 0 Å². The first kappa shape index (κ1) is 8.20. The minimum atomic E-state index is -4.29. The molecule has 0 aliphatic rings. The summed E-state index contributed by atoms with van der Waals surface area (Å²) in [6, 6.07) is 0. The monoisotopic (exact) mass is 137 g/mol. The van der Waals surface area contributed by atoms with Crippen molar-refractivity contribution in [3.63, 3.8) is 0 Å². The molecule has 0 spiro atoms. The highest BCUT2D eigenvalue weighted by Gasteiger charge is 2.22. The Morgan fingerprint density at radius 3 is 2.33 bits per heavy atom. The van der Waals surface area contributed by atoms with Crippen LogP contribution < -0.4 is 0 Å². The lowest BCUT2D eigenvalue weighted by atomic mass is 10.6. The molecule has 0 unspecified atom stereocenters. The third-order valence-corrected chi connectivity index (χ3v) is 0.472. The van der Waals surface area contributed by atoms with Gasteiger partial charge in [-0.3, -0.25) is 4.99 Å². The van der Waals surface area contributed by atoms with E-state index in [1.54, 1.807) is 0 Å². The minimum absolute atomic E-state index is 0.0134. The number of rotatable bonds is 2. The molecule has 0 N–H and O–H groups in total. The zero-order valence-electron chi connectivity index (χ0n) is 4.65. The molecule has 9 heavy (non-hydrogen) atoms. The maximum absolute atomic E-state index is 11.2. The molecule has 0 fully saturated rings. The Hall–Kier alpha value is -0.800. The van der Waals surface area contributed by atoms with Crippen molar-refractivity contribution >= 4 is 6.21 Å². The molecule has 0 atom stereocenters. The molecule has 1 nitrogen and oxygen atoms in total. The highest BCUT2D eigenvalue weighted by molar-refractivity contribution is 5.63. The fourth-order valence-electron chi connectivity index (χ4n) is 0.231. The molecule has 0 aliphatic heterocycles. The van der Waals surface area contributed by atoms with Gasteiger partial charge < -0.3 is 0 Å². The van der Waals surface area contributed by atoms with Crippen LogP contribution in [0.15, 0.2) is 17.6 Å². The topological polar surface area (TPSA) is 12.4 Å². The van der Waals surface area contributed by atoms with E-state index in [9.17, 15) is 13.2 Å². The van der Waals surface area contributed by atoms with Crippen molar-refractivity contribution in [3.05, 3.63) is 12.7 Å². The van der Waals surface area contributed by atoms with E-state index < -0.39 is 6.18 Å². The molecule has 0 aromatic carbocycles. The van der Waals surface area contributed by atoms with Crippen LogP contribution in [0, 0.1) is 0 Å². The van der Waals surface area contributed by atoms with E-state index in [-0.39, 0.29) is 12.8 Å². The Kier molecular flexibility index (Phi) is 2.98. The number of alkyl halides is 3.